The molecule has 0 radical (unpaired) electrons. The number of rotatable bonds is 7. The zero-order chi connectivity index (χ0) is 19.2. The molecule has 0 bridgehead atoms. The molecule has 0 saturated carbocycles. The first kappa shape index (κ1) is 19.7. The quantitative estimate of drug-likeness (QED) is 0.693. The highest BCUT2D eigenvalue weighted by Crippen LogP contribution is 2.22. The van der Waals surface area contributed by atoms with Crippen LogP contribution in [0.1, 0.15) is 18.4 Å². The zero-order valence-electron chi connectivity index (χ0n) is 14.9. The van der Waals surface area contributed by atoms with Gasteiger partial charge < -0.3 is 11.1 Å². The molecule has 3 N–H and O–H groups in total. The molecule has 0 aliphatic carbocycles. The van der Waals surface area contributed by atoms with Crippen LogP contribution in [0.4, 0.5) is 5.69 Å². The molecule has 0 spiro atoms. The van der Waals surface area contributed by atoms with E-state index in [0.717, 1.165) is 35.5 Å². The van der Waals surface area contributed by atoms with E-state index in [0.29, 0.717) is 17.3 Å². The average Bonchev–Trinajstić information content (AvgIpc) is 3.10. The fourth-order valence-corrected chi connectivity index (χ4v) is 4.02. The molecule has 0 aromatic heterocycles. The Bertz CT molecular complexity index is 813. The molecule has 1 heterocycles. The normalized spacial score (nSPS) is 17.0. The number of amides is 2. The van der Waals surface area contributed by atoms with Crippen molar-refractivity contribution in [3.8, 4) is 0 Å². The molecular formula is C20H22ClN3O2S. The standard InChI is InChI=1S/C20H22ClN3O2S/c21-15-6-8-17(9-7-15)27-13-19(25)23-16-4-1-3-14(11-16)12-24-10-2-5-18(24)20(22)26/h1,3-4,6-9,11,18H,2,5,10,12-13H2,(H2,22,26)(H,23,25). The van der Waals surface area contributed by atoms with E-state index in [9.17, 15) is 9.59 Å². The Morgan fingerprint density at radius 2 is 2.00 bits per heavy atom. The van der Waals surface area contributed by atoms with Crippen molar-refractivity contribution in [3.63, 3.8) is 0 Å². The molecule has 1 unspecified atom stereocenters. The second-order valence-electron chi connectivity index (χ2n) is 6.52. The summed E-state index contributed by atoms with van der Waals surface area (Å²) in [5.41, 5.74) is 7.28. The first-order chi connectivity index (χ1) is 13.0. The van der Waals surface area contributed by atoms with Gasteiger partial charge in [0.25, 0.3) is 0 Å². The summed E-state index contributed by atoms with van der Waals surface area (Å²) in [5.74, 6) is -0.0127. The number of hydrogen-bond donors (Lipinski definition) is 2. The fourth-order valence-electron chi connectivity index (χ4n) is 3.20. The summed E-state index contributed by atoms with van der Waals surface area (Å²) in [6.07, 6.45) is 1.79. The van der Waals surface area contributed by atoms with Gasteiger partial charge in [-0.2, -0.15) is 0 Å². The van der Waals surface area contributed by atoms with Gasteiger partial charge in [0.1, 0.15) is 0 Å². The summed E-state index contributed by atoms with van der Waals surface area (Å²) in [7, 11) is 0. The van der Waals surface area contributed by atoms with Gasteiger partial charge in [0.05, 0.1) is 11.8 Å². The SMILES string of the molecule is NC(=O)C1CCCN1Cc1cccc(NC(=O)CSc2ccc(Cl)cc2)c1. The Morgan fingerprint density at radius 3 is 2.74 bits per heavy atom. The second kappa shape index (κ2) is 9.26. The van der Waals surface area contributed by atoms with Crippen molar-refractivity contribution in [1.82, 2.24) is 4.90 Å². The van der Waals surface area contributed by atoms with Crippen LogP contribution in [-0.4, -0.2) is 35.1 Å². The summed E-state index contributed by atoms with van der Waals surface area (Å²) in [6.45, 7) is 1.51. The lowest BCUT2D eigenvalue weighted by Gasteiger charge is -2.22. The molecule has 2 amide bonds. The van der Waals surface area contributed by atoms with Crippen molar-refractivity contribution in [1.29, 1.82) is 0 Å². The number of likely N-dealkylation sites (tertiary alicyclic amines) is 1. The van der Waals surface area contributed by atoms with E-state index < -0.39 is 0 Å². The third kappa shape index (κ3) is 5.73. The van der Waals surface area contributed by atoms with Crippen LogP contribution in [0.2, 0.25) is 5.02 Å². The highest BCUT2D eigenvalue weighted by Gasteiger charge is 2.28. The minimum atomic E-state index is -0.267. The molecule has 7 heteroatoms. The van der Waals surface area contributed by atoms with Gasteiger partial charge in [-0.15, -0.1) is 11.8 Å². The molecule has 2 aromatic carbocycles. The van der Waals surface area contributed by atoms with E-state index in [1.54, 1.807) is 0 Å². The minimum Gasteiger partial charge on any atom is -0.368 e. The van der Waals surface area contributed by atoms with Gasteiger partial charge >= 0.3 is 0 Å². The number of thioether (sulfide) groups is 1. The number of nitrogens with one attached hydrogen (secondary N) is 1. The lowest BCUT2D eigenvalue weighted by atomic mass is 10.1. The predicted molar refractivity (Wildman–Crippen MR) is 110 cm³/mol. The molecule has 1 aliphatic rings. The number of anilines is 1. The van der Waals surface area contributed by atoms with Crippen LogP contribution in [0.25, 0.3) is 0 Å². The van der Waals surface area contributed by atoms with Crippen LogP contribution < -0.4 is 11.1 Å². The van der Waals surface area contributed by atoms with Crippen LogP contribution in [0, 0.1) is 0 Å². The molecule has 27 heavy (non-hydrogen) atoms. The molecule has 1 fully saturated rings. The Balaban J connectivity index is 1.54. The van der Waals surface area contributed by atoms with Crippen molar-refractivity contribution in [2.45, 2.75) is 30.3 Å². The van der Waals surface area contributed by atoms with Gasteiger partial charge in [0.15, 0.2) is 0 Å². The molecule has 1 atom stereocenters. The first-order valence-corrected chi connectivity index (χ1v) is 10.2. The second-order valence-corrected chi connectivity index (χ2v) is 8.01. The third-order valence-electron chi connectivity index (χ3n) is 4.47. The fraction of sp³-hybridized carbons (Fsp3) is 0.300. The zero-order valence-corrected chi connectivity index (χ0v) is 16.4. The number of carbonyl (C=O) groups is 2. The van der Waals surface area contributed by atoms with Crippen molar-refractivity contribution < 1.29 is 9.59 Å². The molecular weight excluding hydrogens is 382 g/mol. The van der Waals surface area contributed by atoms with Gasteiger partial charge in [-0.25, -0.2) is 0 Å². The van der Waals surface area contributed by atoms with Gasteiger partial charge in [0.2, 0.25) is 11.8 Å². The predicted octanol–water partition coefficient (Wildman–Crippen LogP) is 3.52. The van der Waals surface area contributed by atoms with Gasteiger partial charge in [0, 0.05) is 22.2 Å². The third-order valence-corrected chi connectivity index (χ3v) is 5.74. The maximum Gasteiger partial charge on any atom is 0.234 e. The van der Waals surface area contributed by atoms with Crippen molar-refractivity contribution >= 4 is 40.9 Å². The molecule has 3 rings (SSSR count). The topological polar surface area (TPSA) is 75.4 Å². The Morgan fingerprint density at radius 1 is 1.22 bits per heavy atom. The Hall–Kier alpha value is -2.02. The Kier molecular flexibility index (Phi) is 6.77. The van der Waals surface area contributed by atoms with Crippen LogP contribution in [-0.2, 0) is 16.1 Å². The Labute approximate surface area is 168 Å². The van der Waals surface area contributed by atoms with Gasteiger partial charge in [-0.1, -0.05) is 23.7 Å². The number of nitrogens with two attached hydrogens (primary N) is 1. The van der Waals surface area contributed by atoms with E-state index in [-0.39, 0.29) is 17.9 Å². The largest absolute Gasteiger partial charge is 0.368 e. The number of halogens is 1. The van der Waals surface area contributed by atoms with Crippen LogP contribution in [0.15, 0.2) is 53.4 Å². The molecule has 1 aliphatic heterocycles. The highest BCUT2D eigenvalue weighted by molar-refractivity contribution is 8.00. The number of carbonyl (C=O) groups excluding carboxylic acids is 2. The maximum absolute atomic E-state index is 12.2. The van der Waals surface area contributed by atoms with Crippen molar-refractivity contribution in [2.24, 2.45) is 5.73 Å². The summed E-state index contributed by atoms with van der Waals surface area (Å²) in [5, 5.41) is 3.60. The van der Waals surface area contributed by atoms with Crippen LogP contribution >= 0.6 is 23.4 Å². The van der Waals surface area contributed by atoms with Gasteiger partial charge in [-0.05, 0) is 61.3 Å². The number of hydrogen-bond acceptors (Lipinski definition) is 4. The number of primary amides is 1. The number of nitrogens with zero attached hydrogens (tertiary/aromatic N) is 1. The van der Waals surface area contributed by atoms with E-state index in [1.165, 1.54) is 11.8 Å². The summed E-state index contributed by atoms with van der Waals surface area (Å²) < 4.78 is 0. The van der Waals surface area contributed by atoms with E-state index in [2.05, 4.69) is 10.2 Å². The monoisotopic (exact) mass is 403 g/mol. The van der Waals surface area contributed by atoms with Gasteiger partial charge in [-0.3, -0.25) is 14.5 Å². The minimum absolute atomic E-state index is 0.0664. The lowest BCUT2D eigenvalue weighted by Crippen LogP contribution is -2.39. The van der Waals surface area contributed by atoms with E-state index >= 15 is 0 Å². The number of benzene rings is 2. The molecule has 1 saturated heterocycles. The summed E-state index contributed by atoms with van der Waals surface area (Å²) in [4.78, 5) is 26.8. The van der Waals surface area contributed by atoms with Crippen LogP contribution in [0.3, 0.4) is 0 Å². The summed E-state index contributed by atoms with van der Waals surface area (Å²) >= 11 is 7.33. The smallest absolute Gasteiger partial charge is 0.234 e. The van der Waals surface area contributed by atoms with E-state index in [4.69, 9.17) is 17.3 Å². The first-order valence-electron chi connectivity index (χ1n) is 8.82. The summed E-state index contributed by atoms with van der Waals surface area (Å²) in [6, 6.07) is 14.9. The molecule has 5 nitrogen and oxygen atoms in total. The maximum atomic E-state index is 12.2. The molecule has 2 aromatic rings. The average molecular weight is 404 g/mol. The van der Waals surface area contributed by atoms with Crippen LogP contribution in [0.5, 0.6) is 0 Å². The molecule has 142 valence electrons. The van der Waals surface area contributed by atoms with Crippen molar-refractivity contribution in [3.05, 3.63) is 59.1 Å². The highest BCUT2D eigenvalue weighted by atomic mass is 35.5. The van der Waals surface area contributed by atoms with Crippen molar-refractivity contribution in [2.75, 3.05) is 17.6 Å². The lowest BCUT2D eigenvalue weighted by molar-refractivity contribution is -0.122. The van der Waals surface area contributed by atoms with E-state index in [1.807, 2.05) is 48.5 Å².